The molecule has 0 aliphatic heterocycles. The van der Waals surface area contributed by atoms with Crippen LogP contribution in [-0.2, 0) is 0 Å². The molecule has 0 aliphatic rings. The summed E-state index contributed by atoms with van der Waals surface area (Å²) in [6.07, 6.45) is 2.31. The molecule has 0 spiro atoms. The van der Waals surface area contributed by atoms with Gasteiger partial charge in [0.1, 0.15) is 10.8 Å². The summed E-state index contributed by atoms with van der Waals surface area (Å²) in [6.45, 7) is 0. The molecule has 10 heavy (non-hydrogen) atoms. The zero-order valence-electron chi connectivity index (χ0n) is 4.74. The van der Waals surface area contributed by atoms with Crippen LogP contribution in [0.25, 0.3) is 0 Å². The fraction of sp³-hybridized carbons (Fsp3) is 0. The number of aromatic nitrogens is 2. The number of halogens is 1. The van der Waals surface area contributed by atoms with E-state index in [9.17, 15) is 9.90 Å². The van der Waals surface area contributed by atoms with Crippen LogP contribution in [0.15, 0.2) is 12.4 Å². The maximum atomic E-state index is 10.1. The molecule has 0 radical (unpaired) electrons. The molecule has 0 N–H and O–H groups in total. The Balaban J connectivity index is 3.07. The van der Waals surface area contributed by atoms with Gasteiger partial charge in [-0.05, 0) is 0 Å². The van der Waals surface area contributed by atoms with Gasteiger partial charge in [0.05, 0.1) is 18.4 Å². The van der Waals surface area contributed by atoms with Gasteiger partial charge in [0.25, 0.3) is 0 Å². The highest BCUT2D eigenvalue weighted by atomic mass is 35.5. The molecule has 52 valence electrons. The van der Waals surface area contributed by atoms with Crippen LogP contribution in [0.1, 0.15) is 10.5 Å². The van der Waals surface area contributed by atoms with Crippen molar-refractivity contribution in [1.82, 2.24) is 9.97 Å². The summed E-state index contributed by atoms with van der Waals surface area (Å²) < 4.78 is 0. The molecule has 0 saturated heterocycles. The van der Waals surface area contributed by atoms with E-state index in [0.29, 0.717) is 0 Å². The van der Waals surface area contributed by atoms with E-state index < -0.39 is 5.97 Å². The van der Waals surface area contributed by atoms with Crippen molar-refractivity contribution < 1.29 is 9.90 Å². The van der Waals surface area contributed by atoms with Crippen LogP contribution in [0.2, 0.25) is 5.15 Å². The molecule has 1 rings (SSSR count). The summed E-state index contributed by atoms with van der Waals surface area (Å²) in [7, 11) is 0. The number of hydrogen-bond acceptors (Lipinski definition) is 4. The second kappa shape index (κ2) is 2.62. The average molecular weight is 158 g/mol. The Morgan fingerprint density at radius 1 is 1.60 bits per heavy atom. The molecule has 0 fully saturated rings. The summed E-state index contributed by atoms with van der Waals surface area (Å²) in [6, 6.07) is 0. The van der Waals surface area contributed by atoms with Crippen molar-refractivity contribution in [3.63, 3.8) is 0 Å². The predicted octanol–water partition coefficient (Wildman–Crippen LogP) is -0.507. The minimum Gasteiger partial charge on any atom is -0.543 e. The zero-order valence-corrected chi connectivity index (χ0v) is 5.50. The Morgan fingerprint density at radius 2 is 2.30 bits per heavy atom. The van der Waals surface area contributed by atoms with Crippen LogP contribution in [0.5, 0.6) is 0 Å². The molecule has 1 aromatic rings. The van der Waals surface area contributed by atoms with Gasteiger partial charge in [0.15, 0.2) is 0 Å². The quantitative estimate of drug-likeness (QED) is 0.551. The van der Waals surface area contributed by atoms with Crippen molar-refractivity contribution in [1.29, 1.82) is 0 Å². The lowest BCUT2D eigenvalue weighted by Crippen LogP contribution is -2.23. The monoisotopic (exact) mass is 157 g/mol. The van der Waals surface area contributed by atoms with Gasteiger partial charge in [0.2, 0.25) is 0 Å². The predicted molar refractivity (Wildman–Crippen MR) is 31.4 cm³/mol. The van der Waals surface area contributed by atoms with Crippen LogP contribution in [0.3, 0.4) is 0 Å². The molecule has 0 atom stereocenters. The van der Waals surface area contributed by atoms with Gasteiger partial charge in [-0.15, -0.1) is 0 Å². The van der Waals surface area contributed by atoms with E-state index in [2.05, 4.69) is 9.97 Å². The maximum absolute atomic E-state index is 10.1. The Labute approximate surface area is 61.5 Å². The van der Waals surface area contributed by atoms with Crippen LogP contribution in [0.4, 0.5) is 0 Å². The summed E-state index contributed by atoms with van der Waals surface area (Å²) in [5.41, 5.74) is -0.257. The van der Waals surface area contributed by atoms with E-state index in [1.54, 1.807) is 0 Å². The number of rotatable bonds is 1. The van der Waals surface area contributed by atoms with E-state index in [4.69, 9.17) is 11.6 Å². The molecule has 0 saturated carbocycles. The fourth-order valence-corrected chi connectivity index (χ4v) is 0.588. The third-order valence-electron chi connectivity index (χ3n) is 0.814. The van der Waals surface area contributed by atoms with E-state index in [-0.39, 0.29) is 10.8 Å². The van der Waals surface area contributed by atoms with Gasteiger partial charge in [-0.2, -0.15) is 0 Å². The highest BCUT2D eigenvalue weighted by Crippen LogP contribution is 2.00. The third kappa shape index (κ3) is 1.41. The van der Waals surface area contributed by atoms with Gasteiger partial charge in [0, 0.05) is 0 Å². The maximum Gasteiger partial charge on any atom is 0.148 e. The van der Waals surface area contributed by atoms with Gasteiger partial charge in [-0.1, -0.05) is 11.6 Å². The van der Waals surface area contributed by atoms with E-state index in [1.165, 1.54) is 6.20 Å². The summed E-state index contributed by atoms with van der Waals surface area (Å²) in [5.74, 6) is -1.38. The summed E-state index contributed by atoms with van der Waals surface area (Å²) in [5, 5.41) is 10.1. The summed E-state index contributed by atoms with van der Waals surface area (Å²) in [4.78, 5) is 17.0. The molecule has 0 unspecified atom stereocenters. The third-order valence-corrected chi connectivity index (χ3v) is 0.996. The van der Waals surface area contributed by atoms with E-state index >= 15 is 0 Å². The van der Waals surface area contributed by atoms with Crippen LogP contribution < -0.4 is 5.11 Å². The van der Waals surface area contributed by atoms with Gasteiger partial charge in [-0.25, -0.2) is 4.98 Å². The molecule has 0 amide bonds. The Bertz CT molecular complexity index is 264. The fourth-order valence-electron chi connectivity index (χ4n) is 0.441. The Kier molecular flexibility index (Phi) is 1.82. The number of carboxylic acids is 1. The first-order chi connectivity index (χ1) is 4.70. The second-order valence-electron chi connectivity index (χ2n) is 1.51. The van der Waals surface area contributed by atoms with Crippen molar-refractivity contribution in [2.45, 2.75) is 0 Å². The summed E-state index contributed by atoms with van der Waals surface area (Å²) >= 11 is 5.32. The lowest BCUT2D eigenvalue weighted by atomic mass is 10.5. The number of carbonyl (C=O) groups excluding carboxylic acids is 1. The van der Waals surface area contributed by atoms with Crippen LogP contribution in [0, 0.1) is 0 Å². The Hall–Kier alpha value is -1.16. The van der Waals surface area contributed by atoms with Crippen LogP contribution >= 0.6 is 11.6 Å². The normalized spacial score (nSPS) is 9.30. The van der Waals surface area contributed by atoms with Crippen molar-refractivity contribution >= 4 is 17.6 Å². The average Bonchev–Trinajstić information content (AvgIpc) is 1.88. The smallest absolute Gasteiger partial charge is 0.148 e. The van der Waals surface area contributed by atoms with Crippen LogP contribution in [-0.4, -0.2) is 15.9 Å². The molecule has 1 aromatic heterocycles. The molecule has 1 heterocycles. The minimum absolute atomic E-state index is 0.0432. The first-order valence-electron chi connectivity index (χ1n) is 2.39. The zero-order chi connectivity index (χ0) is 7.56. The SMILES string of the molecule is O=C([O-])c1cncc(Cl)n1. The van der Waals surface area contributed by atoms with E-state index in [0.717, 1.165) is 6.20 Å². The molecule has 0 bridgehead atoms. The van der Waals surface area contributed by atoms with Gasteiger partial charge < -0.3 is 9.90 Å². The molecular formula is C5H2ClN2O2-. The lowest BCUT2D eigenvalue weighted by molar-refractivity contribution is -0.255. The van der Waals surface area contributed by atoms with Crippen molar-refractivity contribution in [3.05, 3.63) is 23.2 Å². The molecule has 0 aromatic carbocycles. The highest BCUT2D eigenvalue weighted by Gasteiger charge is 1.94. The largest absolute Gasteiger partial charge is 0.543 e. The standard InChI is InChI=1S/C5H3ClN2O2/c6-4-2-7-1-3(8-4)5(9)10/h1-2H,(H,9,10)/p-1. The Morgan fingerprint density at radius 3 is 2.70 bits per heavy atom. The molecule has 4 nitrogen and oxygen atoms in total. The minimum atomic E-state index is -1.38. The molecular weight excluding hydrogens is 156 g/mol. The first kappa shape index (κ1) is 6.95. The number of nitrogens with zero attached hydrogens (tertiary/aromatic N) is 2. The van der Waals surface area contributed by atoms with E-state index in [1.807, 2.05) is 0 Å². The van der Waals surface area contributed by atoms with Crippen molar-refractivity contribution in [3.8, 4) is 0 Å². The first-order valence-corrected chi connectivity index (χ1v) is 2.77. The topological polar surface area (TPSA) is 65.9 Å². The molecule has 0 aliphatic carbocycles. The highest BCUT2D eigenvalue weighted by molar-refractivity contribution is 6.29. The number of carboxylic acid groups (broad SMARTS) is 1. The van der Waals surface area contributed by atoms with Gasteiger partial charge in [-0.3, -0.25) is 4.98 Å². The number of aromatic carboxylic acids is 1. The van der Waals surface area contributed by atoms with Crippen molar-refractivity contribution in [2.24, 2.45) is 0 Å². The number of hydrogen-bond donors (Lipinski definition) is 0. The number of carbonyl (C=O) groups is 1. The van der Waals surface area contributed by atoms with Crippen molar-refractivity contribution in [2.75, 3.05) is 0 Å². The lowest BCUT2D eigenvalue weighted by Gasteiger charge is -1.98. The molecule has 5 heteroatoms. The van der Waals surface area contributed by atoms with Gasteiger partial charge >= 0.3 is 0 Å². The second-order valence-corrected chi connectivity index (χ2v) is 1.90.